The first-order valence-corrected chi connectivity index (χ1v) is 8.52. The highest BCUT2D eigenvalue weighted by Crippen LogP contribution is 2.41. The summed E-state index contributed by atoms with van der Waals surface area (Å²) < 4.78 is 16.3. The molecule has 12 heteroatoms. The monoisotopic (exact) mass is 404 g/mol. The first-order valence-electron chi connectivity index (χ1n) is 8.52. The smallest absolute Gasteiger partial charge is 0.438 e. The SMILES string of the molecule is COC(=O)OC[C@@]1(C#N)O[C@@H](c2ccc3c(/N=C\N(C)C)ncnn23)[C@H](O)[C@@H]1O. The lowest BCUT2D eigenvalue weighted by Gasteiger charge is -2.23. The van der Waals surface area contributed by atoms with Crippen LogP contribution in [0.2, 0.25) is 0 Å². The maximum absolute atomic E-state index is 11.3. The normalized spacial score (nSPS) is 26.6. The molecule has 0 aromatic carbocycles. The van der Waals surface area contributed by atoms with Gasteiger partial charge in [0, 0.05) is 14.1 Å². The van der Waals surface area contributed by atoms with Crippen molar-refractivity contribution in [2.75, 3.05) is 27.8 Å². The molecule has 1 aliphatic rings. The molecule has 0 spiro atoms. The van der Waals surface area contributed by atoms with Gasteiger partial charge in [0.25, 0.3) is 0 Å². The number of hydrogen-bond acceptors (Lipinski definition) is 10. The predicted octanol–water partition coefficient (Wildman–Crippen LogP) is -0.211. The van der Waals surface area contributed by atoms with Gasteiger partial charge >= 0.3 is 6.16 Å². The number of hydrogen-bond donors (Lipinski definition) is 2. The molecule has 29 heavy (non-hydrogen) atoms. The number of carbonyl (C=O) groups is 1. The second kappa shape index (κ2) is 8.00. The van der Waals surface area contributed by atoms with E-state index in [2.05, 4.69) is 19.8 Å². The summed E-state index contributed by atoms with van der Waals surface area (Å²) in [6.45, 7) is -0.623. The number of carbonyl (C=O) groups excluding carboxylic acids is 1. The van der Waals surface area contributed by atoms with Gasteiger partial charge in [0.1, 0.15) is 42.8 Å². The van der Waals surface area contributed by atoms with E-state index in [-0.39, 0.29) is 0 Å². The lowest BCUT2D eigenvalue weighted by Crippen LogP contribution is -2.46. The number of rotatable bonds is 5. The van der Waals surface area contributed by atoms with Gasteiger partial charge < -0.3 is 29.3 Å². The minimum Gasteiger partial charge on any atom is -0.438 e. The molecule has 3 heterocycles. The number of methoxy groups -OCH3 is 1. The summed E-state index contributed by atoms with van der Waals surface area (Å²) in [5, 5.41) is 34.7. The van der Waals surface area contributed by atoms with E-state index in [0.717, 1.165) is 7.11 Å². The second-order valence-electron chi connectivity index (χ2n) is 6.57. The van der Waals surface area contributed by atoms with E-state index >= 15 is 0 Å². The Kier molecular flexibility index (Phi) is 5.64. The highest BCUT2D eigenvalue weighted by Gasteiger charge is 2.57. The number of fused-ring (bicyclic) bond motifs is 1. The highest BCUT2D eigenvalue weighted by atomic mass is 16.7. The molecule has 0 aliphatic carbocycles. The summed E-state index contributed by atoms with van der Waals surface area (Å²) in [5.41, 5.74) is -1.07. The number of aliphatic hydroxyl groups is 2. The third-order valence-corrected chi connectivity index (χ3v) is 4.37. The average molecular weight is 404 g/mol. The number of aliphatic hydroxyl groups excluding tert-OH is 2. The van der Waals surface area contributed by atoms with Gasteiger partial charge in [-0.1, -0.05) is 0 Å². The van der Waals surface area contributed by atoms with Gasteiger partial charge in [-0.25, -0.2) is 19.3 Å². The summed E-state index contributed by atoms with van der Waals surface area (Å²) >= 11 is 0. The highest BCUT2D eigenvalue weighted by molar-refractivity contribution is 5.70. The van der Waals surface area contributed by atoms with Crippen LogP contribution < -0.4 is 0 Å². The van der Waals surface area contributed by atoms with Crippen LogP contribution >= 0.6 is 0 Å². The lowest BCUT2D eigenvalue weighted by molar-refractivity contribution is -0.0840. The fourth-order valence-corrected chi connectivity index (χ4v) is 2.94. The number of nitriles is 1. The number of aromatic nitrogens is 3. The van der Waals surface area contributed by atoms with Crippen molar-refractivity contribution < 1.29 is 29.2 Å². The van der Waals surface area contributed by atoms with Gasteiger partial charge in [-0.2, -0.15) is 10.4 Å². The second-order valence-corrected chi connectivity index (χ2v) is 6.57. The predicted molar refractivity (Wildman–Crippen MR) is 97.4 cm³/mol. The third-order valence-electron chi connectivity index (χ3n) is 4.37. The van der Waals surface area contributed by atoms with E-state index in [4.69, 9.17) is 9.47 Å². The fourth-order valence-electron chi connectivity index (χ4n) is 2.94. The molecule has 0 saturated carbocycles. The molecule has 154 valence electrons. The molecule has 0 unspecified atom stereocenters. The molecule has 1 saturated heterocycles. The Balaban J connectivity index is 1.95. The van der Waals surface area contributed by atoms with Crippen molar-refractivity contribution in [3.63, 3.8) is 0 Å². The summed E-state index contributed by atoms with van der Waals surface area (Å²) in [4.78, 5) is 21.4. The van der Waals surface area contributed by atoms with Gasteiger partial charge in [-0.3, -0.25) is 0 Å². The molecular weight excluding hydrogens is 384 g/mol. The van der Waals surface area contributed by atoms with Crippen molar-refractivity contribution in [1.82, 2.24) is 19.5 Å². The van der Waals surface area contributed by atoms with Crippen LogP contribution in [0.25, 0.3) is 5.52 Å². The van der Waals surface area contributed by atoms with Gasteiger partial charge in [-0.15, -0.1) is 0 Å². The van der Waals surface area contributed by atoms with Crippen LogP contribution in [-0.2, 0) is 14.2 Å². The maximum atomic E-state index is 11.3. The van der Waals surface area contributed by atoms with Gasteiger partial charge in [0.05, 0.1) is 19.1 Å². The molecule has 12 nitrogen and oxygen atoms in total. The Labute approximate surface area is 165 Å². The van der Waals surface area contributed by atoms with Crippen molar-refractivity contribution in [3.05, 3.63) is 24.2 Å². The molecular formula is C17H20N6O6. The number of ether oxygens (including phenoxy) is 3. The Morgan fingerprint density at radius 1 is 1.52 bits per heavy atom. The van der Waals surface area contributed by atoms with Crippen LogP contribution in [0, 0.1) is 11.3 Å². The molecule has 1 aliphatic heterocycles. The largest absolute Gasteiger partial charge is 0.508 e. The van der Waals surface area contributed by atoms with E-state index in [0.29, 0.717) is 17.0 Å². The van der Waals surface area contributed by atoms with E-state index in [9.17, 15) is 20.3 Å². The first-order chi connectivity index (χ1) is 13.8. The Bertz CT molecular complexity index is 969. The van der Waals surface area contributed by atoms with Crippen molar-refractivity contribution >= 4 is 23.8 Å². The standard InChI is InChI=1S/C17H20N6O6/c1-22(2)9-20-15-11-5-4-10(23(11)21-8-19-15)13-12(24)14(25)17(6-18,29-13)7-28-16(26)27-3/h4-5,8-9,12-14,24-25H,7H2,1-3H3/b20-9-/t12-,13-,14-,17+/m0/s1. The molecule has 2 aromatic heterocycles. The van der Waals surface area contributed by atoms with Crippen LogP contribution in [0.4, 0.5) is 10.6 Å². The average Bonchev–Trinajstić information content (AvgIpc) is 3.25. The Hall–Kier alpha value is -3.27. The Morgan fingerprint density at radius 2 is 2.28 bits per heavy atom. The van der Waals surface area contributed by atoms with Gasteiger partial charge in [0.2, 0.25) is 5.60 Å². The molecule has 0 amide bonds. The summed E-state index contributed by atoms with van der Waals surface area (Å²) in [6.07, 6.45) is -2.41. The van der Waals surface area contributed by atoms with Crippen LogP contribution in [0.3, 0.4) is 0 Å². The molecule has 0 radical (unpaired) electrons. The minimum atomic E-state index is -1.97. The third kappa shape index (κ3) is 3.70. The van der Waals surface area contributed by atoms with Gasteiger partial charge in [0.15, 0.2) is 5.82 Å². The zero-order valence-corrected chi connectivity index (χ0v) is 16.0. The number of aliphatic imine (C=N–C) groups is 1. The van der Waals surface area contributed by atoms with Crippen molar-refractivity contribution in [1.29, 1.82) is 5.26 Å². The summed E-state index contributed by atoms with van der Waals surface area (Å²) in [5.74, 6) is 0.383. The van der Waals surface area contributed by atoms with E-state index < -0.39 is 36.7 Å². The van der Waals surface area contributed by atoms with E-state index in [1.165, 1.54) is 10.8 Å². The number of nitrogens with zero attached hydrogens (tertiary/aromatic N) is 6. The maximum Gasteiger partial charge on any atom is 0.508 e. The quantitative estimate of drug-likeness (QED) is 0.388. The topological polar surface area (TPSA) is 155 Å². The van der Waals surface area contributed by atoms with Gasteiger partial charge in [-0.05, 0) is 12.1 Å². The zero-order chi connectivity index (χ0) is 21.2. The zero-order valence-electron chi connectivity index (χ0n) is 16.0. The lowest BCUT2D eigenvalue weighted by atomic mass is 9.96. The van der Waals surface area contributed by atoms with E-state index in [1.807, 2.05) is 14.1 Å². The van der Waals surface area contributed by atoms with Crippen molar-refractivity contribution in [2.24, 2.45) is 4.99 Å². The summed E-state index contributed by atoms with van der Waals surface area (Å²) in [7, 11) is 4.73. The molecule has 2 N–H and O–H groups in total. The van der Waals surface area contributed by atoms with E-state index in [1.54, 1.807) is 29.4 Å². The van der Waals surface area contributed by atoms with Crippen molar-refractivity contribution in [3.8, 4) is 6.07 Å². The molecule has 0 bridgehead atoms. The fraction of sp³-hybridized carbons (Fsp3) is 0.471. The summed E-state index contributed by atoms with van der Waals surface area (Å²) in [6, 6.07) is 5.08. The van der Waals surface area contributed by atoms with Crippen LogP contribution in [0.1, 0.15) is 11.8 Å². The minimum absolute atomic E-state index is 0.366. The first kappa shape index (κ1) is 20.5. The van der Waals surface area contributed by atoms with Crippen LogP contribution in [-0.4, -0.2) is 87.8 Å². The Morgan fingerprint density at radius 3 is 2.93 bits per heavy atom. The molecule has 3 rings (SSSR count). The molecule has 2 aromatic rings. The van der Waals surface area contributed by atoms with Crippen molar-refractivity contribution in [2.45, 2.75) is 23.9 Å². The van der Waals surface area contributed by atoms with Crippen LogP contribution in [0.5, 0.6) is 0 Å². The molecule has 4 atom stereocenters. The molecule has 1 fully saturated rings. The van der Waals surface area contributed by atoms with Crippen LogP contribution in [0.15, 0.2) is 23.5 Å².